The second kappa shape index (κ2) is 7.93. The van der Waals surface area contributed by atoms with Gasteiger partial charge in [0.15, 0.2) is 6.61 Å². The summed E-state index contributed by atoms with van der Waals surface area (Å²) in [6.07, 6.45) is 1.40. The number of rotatable bonds is 5. The Kier molecular flexibility index (Phi) is 5.18. The lowest BCUT2D eigenvalue weighted by Crippen LogP contribution is -2.20. The molecule has 2 heterocycles. The van der Waals surface area contributed by atoms with Crippen molar-refractivity contribution in [2.75, 3.05) is 11.9 Å². The number of nitrogens with zero attached hydrogens (tertiary/aromatic N) is 2. The van der Waals surface area contributed by atoms with Gasteiger partial charge in [-0.1, -0.05) is 29.8 Å². The molecular formula is C22H18ClN3O3. The smallest absolute Gasteiger partial charge is 0.338 e. The van der Waals surface area contributed by atoms with E-state index in [2.05, 4.69) is 33.9 Å². The monoisotopic (exact) mass is 407 g/mol. The zero-order chi connectivity index (χ0) is 20.4. The van der Waals surface area contributed by atoms with Crippen LogP contribution in [-0.4, -0.2) is 28.0 Å². The Labute approximate surface area is 172 Å². The topological polar surface area (TPSA) is 73.2 Å². The number of nitrogens with one attached hydrogen (secondary N) is 1. The highest BCUT2D eigenvalue weighted by atomic mass is 35.5. The van der Waals surface area contributed by atoms with Crippen LogP contribution in [0.15, 0.2) is 60.8 Å². The Morgan fingerprint density at radius 1 is 1.07 bits per heavy atom. The van der Waals surface area contributed by atoms with Gasteiger partial charge < -0.3 is 14.6 Å². The molecule has 0 aliphatic heterocycles. The summed E-state index contributed by atoms with van der Waals surface area (Å²) in [5, 5.41) is 5.15. The Bertz CT molecular complexity index is 1230. The van der Waals surface area contributed by atoms with E-state index in [1.165, 1.54) is 18.3 Å². The summed E-state index contributed by atoms with van der Waals surface area (Å²) in [4.78, 5) is 28.1. The van der Waals surface area contributed by atoms with E-state index in [1.807, 2.05) is 30.3 Å². The Hall–Kier alpha value is -3.38. The van der Waals surface area contributed by atoms with Gasteiger partial charge in [-0.05, 0) is 43.3 Å². The van der Waals surface area contributed by atoms with Crippen LogP contribution < -0.4 is 5.32 Å². The molecule has 2 aromatic heterocycles. The molecular weight excluding hydrogens is 390 g/mol. The third-order valence-corrected chi connectivity index (χ3v) is 4.88. The average molecular weight is 408 g/mol. The summed E-state index contributed by atoms with van der Waals surface area (Å²) in [7, 11) is 0. The molecule has 0 radical (unpaired) electrons. The highest BCUT2D eigenvalue weighted by Crippen LogP contribution is 2.30. The van der Waals surface area contributed by atoms with E-state index in [9.17, 15) is 9.59 Å². The number of pyridine rings is 1. The summed E-state index contributed by atoms with van der Waals surface area (Å²) in [5.41, 5.74) is 3.14. The fourth-order valence-corrected chi connectivity index (χ4v) is 3.59. The zero-order valence-corrected chi connectivity index (χ0v) is 16.4. The molecule has 0 fully saturated rings. The summed E-state index contributed by atoms with van der Waals surface area (Å²) < 4.78 is 7.29. The van der Waals surface area contributed by atoms with Crippen molar-refractivity contribution in [1.29, 1.82) is 0 Å². The fraction of sp³-hybridized carbons (Fsp3) is 0.136. The van der Waals surface area contributed by atoms with Crippen LogP contribution >= 0.6 is 11.6 Å². The number of hydrogen-bond donors (Lipinski definition) is 1. The number of aromatic nitrogens is 2. The first-order chi connectivity index (χ1) is 14.1. The van der Waals surface area contributed by atoms with Crippen molar-refractivity contribution in [3.8, 4) is 0 Å². The van der Waals surface area contributed by atoms with Crippen LogP contribution in [0.1, 0.15) is 17.3 Å². The molecule has 0 aliphatic carbocycles. The number of aryl methyl sites for hydroxylation is 1. The number of anilines is 1. The van der Waals surface area contributed by atoms with Crippen LogP contribution in [0.3, 0.4) is 0 Å². The van der Waals surface area contributed by atoms with Crippen LogP contribution in [0, 0.1) is 0 Å². The molecule has 0 spiro atoms. The first-order valence-electron chi connectivity index (χ1n) is 9.16. The number of hydrogen-bond acceptors (Lipinski definition) is 4. The Balaban J connectivity index is 1.50. The van der Waals surface area contributed by atoms with Crippen molar-refractivity contribution < 1.29 is 14.3 Å². The van der Waals surface area contributed by atoms with E-state index < -0.39 is 18.5 Å². The van der Waals surface area contributed by atoms with E-state index >= 15 is 0 Å². The highest BCUT2D eigenvalue weighted by Gasteiger charge is 2.13. The van der Waals surface area contributed by atoms with Crippen LogP contribution in [-0.2, 0) is 16.1 Å². The van der Waals surface area contributed by atoms with E-state index in [-0.39, 0.29) is 10.7 Å². The lowest BCUT2D eigenvalue weighted by atomic mass is 10.1. The number of halogens is 1. The van der Waals surface area contributed by atoms with Gasteiger partial charge in [-0.25, -0.2) is 9.78 Å². The zero-order valence-electron chi connectivity index (χ0n) is 15.7. The number of carbonyl (C=O) groups excluding carboxylic acids is 2. The number of benzene rings is 2. The molecule has 7 heteroatoms. The molecule has 0 atom stereocenters. The molecule has 4 aromatic rings. The number of esters is 1. The van der Waals surface area contributed by atoms with Gasteiger partial charge in [0.2, 0.25) is 0 Å². The van der Waals surface area contributed by atoms with Gasteiger partial charge in [-0.2, -0.15) is 0 Å². The van der Waals surface area contributed by atoms with Gasteiger partial charge >= 0.3 is 5.97 Å². The van der Waals surface area contributed by atoms with E-state index in [0.717, 1.165) is 28.4 Å². The minimum atomic E-state index is -0.633. The van der Waals surface area contributed by atoms with Crippen LogP contribution in [0.4, 0.5) is 5.69 Å². The molecule has 1 amide bonds. The maximum atomic E-state index is 12.2. The maximum absolute atomic E-state index is 12.2. The predicted molar refractivity (Wildman–Crippen MR) is 113 cm³/mol. The third-order valence-electron chi connectivity index (χ3n) is 4.67. The third kappa shape index (κ3) is 3.79. The predicted octanol–water partition coefficient (Wildman–Crippen LogP) is 4.66. The van der Waals surface area contributed by atoms with Crippen molar-refractivity contribution in [1.82, 2.24) is 9.55 Å². The molecule has 146 valence electrons. The van der Waals surface area contributed by atoms with Gasteiger partial charge in [-0.15, -0.1) is 0 Å². The second-order valence-corrected chi connectivity index (χ2v) is 6.87. The molecule has 1 N–H and O–H groups in total. The summed E-state index contributed by atoms with van der Waals surface area (Å²) in [6, 6.07) is 16.8. The normalized spacial score (nSPS) is 11.0. The number of para-hydroxylation sites is 1. The molecule has 6 nitrogen and oxygen atoms in total. The van der Waals surface area contributed by atoms with E-state index in [0.29, 0.717) is 5.69 Å². The standard InChI is InChI=1S/C22H18ClN3O3/c1-2-26-18-6-4-3-5-16(18)17-12-15(7-8-19(17)26)25-21(27)13-29-22(28)14-9-10-24-20(23)11-14/h3-12H,2,13H2,1H3,(H,25,27). The molecule has 0 unspecified atom stereocenters. The van der Waals surface area contributed by atoms with Gasteiger partial charge in [0, 0.05) is 40.2 Å². The van der Waals surface area contributed by atoms with Gasteiger partial charge in [0.25, 0.3) is 5.91 Å². The Morgan fingerprint density at radius 3 is 2.66 bits per heavy atom. The maximum Gasteiger partial charge on any atom is 0.338 e. The SMILES string of the molecule is CCn1c2ccccc2c2cc(NC(=O)COC(=O)c3ccnc(Cl)c3)ccc21. The van der Waals surface area contributed by atoms with E-state index in [1.54, 1.807) is 0 Å². The molecule has 0 saturated carbocycles. The Morgan fingerprint density at radius 2 is 1.86 bits per heavy atom. The highest BCUT2D eigenvalue weighted by molar-refractivity contribution is 6.29. The van der Waals surface area contributed by atoms with E-state index in [4.69, 9.17) is 16.3 Å². The number of amides is 1. The van der Waals surface area contributed by atoms with Crippen molar-refractivity contribution in [2.45, 2.75) is 13.5 Å². The largest absolute Gasteiger partial charge is 0.452 e. The van der Waals surface area contributed by atoms with Crippen molar-refractivity contribution in [2.24, 2.45) is 0 Å². The van der Waals surface area contributed by atoms with Crippen molar-refractivity contribution in [3.63, 3.8) is 0 Å². The molecule has 0 aliphatic rings. The number of fused-ring (bicyclic) bond motifs is 3. The molecule has 2 aromatic carbocycles. The van der Waals surface area contributed by atoms with Gasteiger partial charge in [0.1, 0.15) is 5.15 Å². The first kappa shape index (κ1) is 19.0. The van der Waals surface area contributed by atoms with Crippen molar-refractivity contribution in [3.05, 3.63) is 71.5 Å². The number of ether oxygens (including phenoxy) is 1. The molecule has 4 rings (SSSR count). The molecule has 0 bridgehead atoms. The van der Waals surface area contributed by atoms with Crippen LogP contribution in [0.5, 0.6) is 0 Å². The molecule has 0 saturated heterocycles. The summed E-state index contributed by atoms with van der Waals surface area (Å²) in [5.74, 6) is -1.05. The number of carbonyl (C=O) groups is 2. The lowest BCUT2D eigenvalue weighted by Gasteiger charge is -2.08. The van der Waals surface area contributed by atoms with Crippen LogP contribution in [0.2, 0.25) is 5.15 Å². The first-order valence-corrected chi connectivity index (χ1v) is 9.54. The van der Waals surface area contributed by atoms with Gasteiger partial charge in [-0.3, -0.25) is 4.79 Å². The van der Waals surface area contributed by atoms with Crippen LogP contribution in [0.25, 0.3) is 21.8 Å². The molecule has 29 heavy (non-hydrogen) atoms. The van der Waals surface area contributed by atoms with Crippen molar-refractivity contribution >= 4 is 51.0 Å². The second-order valence-electron chi connectivity index (χ2n) is 6.48. The minimum absolute atomic E-state index is 0.184. The summed E-state index contributed by atoms with van der Waals surface area (Å²) in [6.45, 7) is 2.56. The average Bonchev–Trinajstić information content (AvgIpc) is 3.05. The minimum Gasteiger partial charge on any atom is -0.452 e. The fourth-order valence-electron chi connectivity index (χ4n) is 3.41. The van der Waals surface area contributed by atoms with Gasteiger partial charge in [0.05, 0.1) is 5.56 Å². The summed E-state index contributed by atoms with van der Waals surface area (Å²) >= 11 is 5.76. The quantitative estimate of drug-likeness (QED) is 0.386. The lowest BCUT2D eigenvalue weighted by molar-refractivity contribution is -0.119.